The maximum absolute atomic E-state index is 11.9. The Balaban J connectivity index is 1.78. The van der Waals surface area contributed by atoms with Crippen LogP contribution < -0.4 is 10.1 Å². The number of carbonyl (C=O) groups is 1. The molecule has 19 heavy (non-hydrogen) atoms. The lowest BCUT2D eigenvalue weighted by atomic mass is 10.2. The highest BCUT2D eigenvalue weighted by Gasteiger charge is 2.16. The molecular weight excluding hydrogens is 244 g/mol. The van der Waals surface area contributed by atoms with E-state index in [1.807, 2.05) is 29.2 Å². The summed E-state index contributed by atoms with van der Waals surface area (Å²) in [5.41, 5.74) is 1.06. The summed E-state index contributed by atoms with van der Waals surface area (Å²) < 4.78 is 10.5. The Kier molecular flexibility index (Phi) is 5.18. The van der Waals surface area contributed by atoms with Crippen LogP contribution in [-0.4, -0.2) is 50.8 Å². The Morgan fingerprint density at radius 2 is 2.11 bits per heavy atom. The molecule has 0 spiro atoms. The van der Waals surface area contributed by atoms with Crippen molar-refractivity contribution >= 4 is 5.91 Å². The zero-order valence-corrected chi connectivity index (χ0v) is 11.2. The van der Waals surface area contributed by atoms with E-state index in [0.717, 1.165) is 11.3 Å². The number of methoxy groups -OCH3 is 1. The lowest BCUT2D eigenvalue weighted by Gasteiger charge is -2.27. The average Bonchev–Trinajstić information content (AvgIpc) is 2.48. The molecule has 1 heterocycles. The minimum atomic E-state index is 0.123. The molecule has 1 aliphatic heterocycles. The second kappa shape index (κ2) is 7.11. The summed E-state index contributed by atoms with van der Waals surface area (Å²) >= 11 is 0. The van der Waals surface area contributed by atoms with Gasteiger partial charge in [-0.1, -0.05) is 18.2 Å². The van der Waals surface area contributed by atoms with E-state index in [1.54, 1.807) is 7.11 Å². The van der Waals surface area contributed by atoms with Gasteiger partial charge in [-0.2, -0.15) is 0 Å². The van der Waals surface area contributed by atoms with Gasteiger partial charge in [-0.15, -0.1) is 0 Å². The molecule has 0 unspecified atom stereocenters. The van der Waals surface area contributed by atoms with E-state index in [2.05, 4.69) is 5.32 Å². The molecule has 0 saturated carbocycles. The molecule has 1 fully saturated rings. The number of hydrogen-bond donors (Lipinski definition) is 1. The molecule has 1 aliphatic rings. The van der Waals surface area contributed by atoms with Crippen LogP contribution in [0.15, 0.2) is 24.3 Å². The molecule has 1 aromatic carbocycles. The number of morpholine rings is 1. The van der Waals surface area contributed by atoms with Crippen molar-refractivity contribution in [3.63, 3.8) is 0 Å². The Morgan fingerprint density at radius 1 is 1.37 bits per heavy atom. The summed E-state index contributed by atoms with van der Waals surface area (Å²) in [5.74, 6) is 0.965. The predicted molar refractivity (Wildman–Crippen MR) is 72.1 cm³/mol. The lowest BCUT2D eigenvalue weighted by Crippen LogP contribution is -2.44. The number of para-hydroxylation sites is 1. The minimum absolute atomic E-state index is 0.123. The molecule has 5 nitrogen and oxygen atoms in total. The summed E-state index contributed by atoms with van der Waals surface area (Å²) in [5, 5.41) is 3.16. The minimum Gasteiger partial charge on any atom is -0.496 e. The largest absolute Gasteiger partial charge is 0.496 e. The molecule has 1 amide bonds. The van der Waals surface area contributed by atoms with E-state index in [9.17, 15) is 4.79 Å². The van der Waals surface area contributed by atoms with Crippen LogP contribution in [-0.2, 0) is 16.1 Å². The van der Waals surface area contributed by atoms with Gasteiger partial charge in [0.1, 0.15) is 5.75 Å². The quantitative estimate of drug-likeness (QED) is 0.848. The molecular formula is C14H20N2O3. The van der Waals surface area contributed by atoms with Crippen LogP contribution in [0.5, 0.6) is 5.75 Å². The maximum atomic E-state index is 11.9. The van der Waals surface area contributed by atoms with Gasteiger partial charge in [-0.05, 0) is 6.07 Å². The van der Waals surface area contributed by atoms with Crippen molar-refractivity contribution < 1.29 is 14.3 Å². The van der Waals surface area contributed by atoms with Crippen molar-refractivity contribution in [3.05, 3.63) is 29.8 Å². The molecule has 104 valence electrons. The van der Waals surface area contributed by atoms with Gasteiger partial charge in [0.15, 0.2) is 0 Å². The van der Waals surface area contributed by atoms with E-state index >= 15 is 0 Å². The molecule has 0 atom stereocenters. The van der Waals surface area contributed by atoms with E-state index in [1.165, 1.54) is 0 Å². The average molecular weight is 264 g/mol. The first-order chi connectivity index (χ1) is 9.31. The van der Waals surface area contributed by atoms with E-state index < -0.39 is 0 Å². The summed E-state index contributed by atoms with van der Waals surface area (Å²) in [6, 6.07) is 7.80. The highest BCUT2D eigenvalue weighted by atomic mass is 16.5. The fraction of sp³-hybridized carbons (Fsp3) is 0.500. The smallest absolute Gasteiger partial charge is 0.236 e. The van der Waals surface area contributed by atoms with Crippen LogP contribution in [0.4, 0.5) is 0 Å². The molecule has 1 aromatic rings. The van der Waals surface area contributed by atoms with Crippen molar-refractivity contribution in [2.24, 2.45) is 0 Å². The third kappa shape index (κ3) is 3.94. The molecule has 5 heteroatoms. The predicted octanol–water partition coefficient (Wildman–Crippen LogP) is 0.644. The normalized spacial score (nSPS) is 15.3. The molecule has 0 aliphatic carbocycles. The fourth-order valence-electron chi connectivity index (χ4n) is 2.08. The Hall–Kier alpha value is -1.59. The molecule has 1 saturated heterocycles. The van der Waals surface area contributed by atoms with Crippen LogP contribution >= 0.6 is 0 Å². The first-order valence-corrected chi connectivity index (χ1v) is 6.49. The van der Waals surface area contributed by atoms with E-state index in [-0.39, 0.29) is 5.91 Å². The first-order valence-electron chi connectivity index (χ1n) is 6.49. The molecule has 1 N–H and O–H groups in total. The van der Waals surface area contributed by atoms with Crippen LogP contribution in [0.1, 0.15) is 5.56 Å². The molecule has 0 bridgehead atoms. The topological polar surface area (TPSA) is 50.8 Å². The highest BCUT2D eigenvalue weighted by molar-refractivity contribution is 5.78. The van der Waals surface area contributed by atoms with Gasteiger partial charge in [-0.3, -0.25) is 4.79 Å². The summed E-state index contributed by atoms with van der Waals surface area (Å²) in [7, 11) is 1.65. The van der Waals surface area contributed by atoms with E-state index in [4.69, 9.17) is 9.47 Å². The third-order valence-electron chi connectivity index (χ3n) is 3.15. The Bertz CT molecular complexity index is 417. The number of nitrogens with one attached hydrogen (secondary N) is 1. The number of nitrogens with zero attached hydrogens (tertiary/aromatic N) is 1. The third-order valence-corrected chi connectivity index (χ3v) is 3.15. The maximum Gasteiger partial charge on any atom is 0.236 e. The van der Waals surface area contributed by atoms with Crippen molar-refractivity contribution in [3.8, 4) is 5.75 Å². The molecule has 0 aromatic heterocycles. The van der Waals surface area contributed by atoms with Gasteiger partial charge in [0, 0.05) is 25.2 Å². The van der Waals surface area contributed by atoms with Gasteiger partial charge in [-0.25, -0.2) is 0 Å². The number of benzene rings is 1. The SMILES string of the molecule is COc1ccccc1CNCC(=O)N1CCOCC1. The van der Waals surface area contributed by atoms with Crippen molar-refractivity contribution in [1.29, 1.82) is 0 Å². The van der Waals surface area contributed by atoms with Crippen molar-refractivity contribution in [1.82, 2.24) is 10.2 Å². The fourth-order valence-corrected chi connectivity index (χ4v) is 2.08. The summed E-state index contributed by atoms with van der Waals surface area (Å²) in [6.45, 7) is 3.62. The van der Waals surface area contributed by atoms with E-state index in [0.29, 0.717) is 39.4 Å². The zero-order chi connectivity index (χ0) is 13.5. The van der Waals surface area contributed by atoms with Crippen molar-refractivity contribution in [2.45, 2.75) is 6.54 Å². The van der Waals surface area contributed by atoms with Crippen LogP contribution in [0, 0.1) is 0 Å². The van der Waals surface area contributed by atoms with Crippen LogP contribution in [0.3, 0.4) is 0 Å². The molecule has 2 rings (SSSR count). The van der Waals surface area contributed by atoms with Crippen molar-refractivity contribution in [2.75, 3.05) is 40.0 Å². The summed E-state index contributed by atoms with van der Waals surface area (Å²) in [6.07, 6.45) is 0. The highest BCUT2D eigenvalue weighted by Crippen LogP contribution is 2.16. The zero-order valence-electron chi connectivity index (χ0n) is 11.2. The standard InChI is InChI=1S/C14H20N2O3/c1-18-13-5-3-2-4-12(13)10-15-11-14(17)16-6-8-19-9-7-16/h2-5,15H,6-11H2,1H3. The number of rotatable bonds is 5. The summed E-state index contributed by atoms with van der Waals surface area (Å²) in [4.78, 5) is 13.8. The Labute approximate surface area is 113 Å². The number of ether oxygens (including phenoxy) is 2. The first kappa shape index (κ1) is 13.8. The Morgan fingerprint density at radius 3 is 2.84 bits per heavy atom. The van der Waals surface area contributed by atoms with Gasteiger partial charge >= 0.3 is 0 Å². The number of carbonyl (C=O) groups excluding carboxylic acids is 1. The second-order valence-corrected chi connectivity index (χ2v) is 4.41. The lowest BCUT2D eigenvalue weighted by molar-refractivity contribution is -0.134. The van der Waals surface area contributed by atoms with Gasteiger partial charge in [0.25, 0.3) is 0 Å². The number of hydrogen-bond acceptors (Lipinski definition) is 4. The number of amides is 1. The van der Waals surface area contributed by atoms with Gasteiger partial charge in [0.2, 0.25) is 5.91 Å². The van der Waals surface area contributed by atoms with Crippen LogP contribution in [0.2, 0.25) is 0 Å². The van der Waals surface area contributed by atoms with Gasteiger partial charge < -0.3 is 19.7 Å². The second-order valence-electron chi connectivity index (χ2n) is 4.41. The molecule has 0 radical (unpaired) electrons. The van der Waals surface area contributed by atoms with Crippen LogP contribution in [0.25, 0.3) is 0 Å². The monoisotopic (exact) mass is 264 g/mol. The van der Waals surface area contributed by atoms with Gasteiger partial charge in [0.05, 0.1) is 26.9 Å².